The van der Waals surface area contributed by atoms with Gasteiger partial charge in [0.1, 0.15) is 0 Å². The Kier molecular flexibility index (Phi) is 5.02. The van der Waals surface area contributed by atoms with Crippen molar-refractivity contribution in [3.8, 4) is 11.3 Å². The Balaban J connectivity index is 1.54. The highest BCUT2D eigenvalue weighted by Gasteiger charge is 2.16. The highest BCUT2D eigenvalue weighted by atomic mass is 16.3. The van der Waals surface area contributed by atoms with E-state index in [2.05, 4.69) is 40.4 Å². The number of benzene rings is 2. The van der Waals surface area contributed by atoms with E-state index in [1.165, 1.54) is 11.1 Å². The summed E-state index contributed by atoms with van der Waals surface area (Å²) in [5.41, 5.74) is 7.20. The molecule has 2 aromatic heterocycles. The average Bonchev–Trinajstić information content (AvgIpc) is 3.17. The summed E-state index contributed by atoms with van der Waals surface area (Å²) in [5.74, 6) is 0.684. The molecule has 4 aromatic rings. The molecule has 6 heteroatoms. The first kappa shape index (κ1) is 20.4. The van der Waals surface area contributed by atoms with Gasteiger partial charge < -0.3 is 14.8 Å². The van der Waals surface area contributed by atoms with Crippen LogP contribution in [-0.2, 0) is 12.0 Å². The Labute approximate surface area is 187 Å². The molecule has 3 heterocycles. The van der Waals surface area contributed by atoms with Crippen LogP contribution >= 0.6 is 0 Å². The molecule has 162 valence electrons. The molecule has 0 bridgehead atoms. The molecule has 2 aromatic carbocycles. The van der Waals surface area contributed by atoms with Gasteiger partial charge >= 0.3 is 0 Å². The third kappa shape index (κ3) is 3.89. The molecule has 0 fully saturated rings. The molecule has 2 N–H and O–H groups in total. The van der Waals surface area contributed by atoms with Gasteiger partial charge in [-0.05, 0) is 68.5 Å². The zero-order chi connectivity index (χ0) is 22.3. The van der Waals surface area contributed by atoms with Gasteiger partial charge in [0.05, 0.1) is 11.3 Å². The molecule has 0 aliphatic carbocycles. The Hall–Kier alpha value is -3.51. The average molecular weight is 426 g/mol. The minimum atomic E-state index is -0.875. The third-order valence-electron chi connectivity index (χ3n) is 5.98. The normalized spacial score (nSPS) is 14.1. The van der Waals surface area contributed by atoms with Crippen molar-refractivity contribution in [1.29, 1.82) is 0 Å². The zero-order valence-electron chi connectivity index (χ0n) is 18.6. The maximum absolute atomic E-state index is 10.2. The summed E-state index contributed by atoms with van der Waals surface area (Å²) >= 11 is 0. The van der Waals surface area contributed by atoms with E-state index in [1.54, 1.807) is 20.0 Å². The molecule has 0 atom stereocenters. The second kappa shape index (κ2) is 7.88. The summed E-state index contributed by atoms with van der Waals surface area (Å²) in [7, 11) is 0. The molecule has 0 saturated carbocycles. The fourth-order valence-corrected chi connectivity index (χ4v) is 4.14. The number of aryl methyl sites for hydroxylation is 1. The summed E-state index contributed by atoms with van der Waals surface area (Å²) in [5, 5.41) is 13.6. The van der Waals surface area contributed by atoms with Crippen molar-refractivity contribution < 1.29 is 5.11 Å². The topological polar surface area (TPSA) is 74.8 Å². The lowest BCUT2D eigenvalue weighted by molar-refractivity contribution is 0.0786. The van der Waals surface area contributed by atoms with E-state index >= 15 is 0 Å². The molecule has 5 rings (SSSR count). The van der Waals surface area contributed by atoms with Crippen molar-refractivity contribution in [2.45, 2.75) is 39.2 Å². The number of aliphatic hydroxyl groups is 1. The van der Waals surface area contributed by atoms with E-state index in [0.29, 0.717) is 5.82 Å². The van der Waals surface area contributed by atoms with Crippen LogP contribution in [0.4, 0.5) is 11.5 Å². The van der Waals surface area contributed by atoms with Gasteiger partial charge in [0.25, 0.3) is 0 Å². The first-order valence-corrected chi connectivity index (χ1v) is 11.0. The van der Waals surface area contributed by atoms with Gasteiger partial charge in [-0.2, -0.15) is 0 Å². The van der Waals surface area contributed by atoms with Gasteiger partial charge in [0.2, 0.25) is 0 Å². The van der Waals surface area contributed by atoms with Gasteiger partial charge in [-0.1, -0.05) is 24.3 Å². The molecule has 0 unspecified atom stereocenters. The van der Waals surface area contributed by atoms with Crippen molar-refractivity contribution in [2.75, 3.05) is 11.9 Å². The van der Waals surface area contributed by atoms with Crippen LogP contribution in [0.3, 0.4) is 0 Å². The molecule has 0 amide bonds. The summed E-state index contributed by atoms with van der Waals surface area (Å²) in [6, 6.07) is 14.3. The first-order valence-electron chi connectivity index (χ1n) is 11.0. The van der Waals surface area contributed by atoms with Crippen LogP contribution < -0.4 is 5.32 Å². The fourth-order valence-electron chi connectivity index (χ4n) is 4.14. The quantitative estimate of drug-likeness (QED) is 0.476. The Morgan fingerprint density at radius 1 is 1.09 bits per heavy atom. The van der Waals surface area contributed by atoms with Crippen molar-refractivity contribution >= 4 is 22.9 Å². The first-order chi connectivity index (χ1) is 15.4. The maximum Gasteiger partial charge on any atom is 0.180 e. The fraction of sp³-hybridized carbons (Fsp3) is 0.269. The summed E-state index contributed by atoms with van der Waals surface area (Å²) < 4.78 is 1.99. The number of aliphatic imine (C=N–C) groups is 1. The molecule has 32 heavy (non-hydrogen) atoms. The lowest BCUT2D eigenvalue weighted by Gasteiger charge is -2.18. The van der Waals surface area contributed by atoms with Gasteiger partial charge in [-0.25, -0.2) is 9.97 Å². The number of fused-ring (bicyclic) bond motifs is 2. The zero-order valence-corrected chi connectivity index (χ0v) is 18.6. The Bertz CT molecular complexity index is 1310. The number of anilines is 2. The van der Waals surface area contributed by atoms with Crippen LogP contribution in [0.1, 0.15) is 43.9 Å². The Morgan fingerprint density at radius 3 is 2.69 bits per heavy atom. The third-order valence-corrected chi connectivity index (χ3v) is 5.98. The second-order valence-corrected chi connectivity index (χ2v) is 8.84. The summed E-state index contributed by atoms with van der Waals surface area (Å²) in [6.07, 6.45) is 7.85. The van der Waals surface area contributed by atoms with E-state index in [1.807, 2.05) is 41.1 Å². The van der Waals surface area contributed by atoms with Crippen molar-refractivity contribution in [3.05, 3.63) is 77.7 Å². The van der Waals surface area contributed by atoms with Gasteiger partial charge in [0.15, 0.2) is 11.5 Å². The van der Waals surface area contributed by atoms with Gasteiger partial charge in [-0.15, -0.1) is 0 Å². The summed E-state index contributed by atoms with van der Waals surface area (Å²) in [4.78, 5) is 14.1. The van der Waals surface area contributed by atoms with Crippen LogP contribution in [0.2, 0.25) is 0 Å². The van der Waals surface area contributed by atoms with E-state index in [0.717, 1.165) is 53.3 Å². The minimum absolute atomic E-state index is 0.684. The number of hydrogen-bond donors (Lipinski definition) is 2. The van der Waals surface area contributed by atoms with E-state index in [9.17, 15) is 5.11 Å². The highest BCUT2D eigenvalue weighted by molar-refractivity contribution is 6.01. The summed E-state index contributed by atoms with van der Waals surface area (Å²) in [6.45, 7) is 6.53. The second-order valence-electron chi connectivity index (χ2n) is 8.84. The predicted molar refractivity (Wildman–Crippen MR) is 129 cm³/mol. The van der Waals surface area contributed by atoms with E-state index in [-0.39, 0.29) is 0 Å². The molecule has 0 radical (unpaired) electrons. The SMILES string of the molecule is CC1=NCCCc2ccc(-c3cn4ccnc4c(Nc4ccc(C(C)(C)O)cc4)n3)cc21. The Morgan fingerprint density at radius 2 is 1.91 bits per heavy atom. The molecule has 0 saturated heterocycles. The largest absolute Gasteiger partial charge is 0.386 e. The number of nitrogens with one attached hydrogen (secondary N) is 1. The lowest BCUT2D eigenvalue weighted by atomic mass is 9.97. The number of aromatic nitrogens is 3. The van der Waals surface area contributed by atoms with Gasteiger partial charge in [0, 0.05) is 42.1 Å². The van der Waals surface area contributed by atoms with Gasteiger partial charge in [-0.3, -0.25) is 4.99 Å². The highest BCUT2D eigenvalue weighted by Crippen LogP contribution is 2.28. The van der Waals surface area contributed by atoms with Crippen molar-refractivity contribution in [2.24, 2.45) is 4.99 Å². The monoisotopic (exact) mass is 425 g/mol. The van der Waals surface area contributed by atoms with Crippen LogP contribution in [0.25, 0.3) is 16.9 Å². The van der Waals surface area contributed by atoms with Crippen LogP contribution in [0, 0.1) is 0 Å². The molecular formula is C26H27N5O. The van der Waals surface area contributed by atoms with Crippen LogP contribution in [0.5, 0.6) is 0 Å². The number of hydrogen-bond acceptors (Lipinski definition) is 5. The number of nitrogens with zero attached hydrogens (tertiary/aromatic N) is 4. The van der Waals surface area contributed by atoms with Crippen LogP contribution in [-0.4, -0.2) is 31.7 Å². The van der Waals surface area contributed by atoms with E-state index in [4.69, 9.17) is 4.98 Å². The lowest BCUT2D eigenvalue weighted by Crippen LogP contribution is -2.15. The number of imidazole rings is 1. The maximum atomic E-state index is 10.2. The predicted octanol–water partition coefficient (Wildman–Crippen LogP) is 5.12. The molecule has 6 nitrogen and oxygen atoms in total. The smallest absolute Gasteiger partial charge is 0.180 e. The molecular weight excluding hydrogens is 398 g/mol. The standard InChI is InChI=1S/C26H27N5O/c1-17-22-15-19(7-6-18(22)5-4-12-27-17)23-16-31-14-13-28-25(31)24(30-23)29-21-10-8-20(9-11-21)26(2,3)32/h6-11,13-16,32H,4-5,12H2,1-3H3,(H,29,30). The minimum Gasteiger partial charge on any atom is -0.386 e. The molecule has 1 aliphatic heterocycles. The van der Waals surface area contributed by atoms with Crippen molar-refractivity contribution in [3.63, 3.8) is 0 Å². The van der Waals surface area contributed by atoms with Crippen molar-refractivity contribution in [1.82, 2.24) is 14.4 Å². The number of rotatable bonds is 4. The molecule has 0 spiro atoms. The molecule has 1 aliphatic rings. The van der Waals surface area contributed by atoms with Crippen LogP contribution in [0.15, 0.2) is 66.0 Å². The van der Waals surface area contributed by atoms with E-state index < -0.39 is 5.60 Å².